The molecule has 0 heterocycles. The van der Waals surface area contributed by atoms with E-state index in [0.29, 0.717) is 6.42 Å². The molecule has 0 aliphatic rings. The van der Waals surface area contributed by atoms with Crippen LogP contribution in [0.25, 0.3) is 0 Å². The molecule has 0 radical (unpaired) electrons. The summed E-state index contributed by atoms with van der Waals surface area (Å²) in [6.07, 6.45) is 2.41. The van der Waals surface area contributed by atoms with E-state index in [1.54, 1.807) is 0 Å². The van der Waals surface area contributed by atoms with Crippen LogP contribution in [0.4, 0.5) is 0 Å². The van der Waals surface area contributed by atoms with Crippen LogP contribution in [-0.2, 0) is 9.63 Å². The molecule has 0 aliphatic heterocycles. The molecule has 0 aromatic carbocycles. The van der Waals surface area contributed by atoms with Gasteiger partial charge >= 0.3 is 5.97 Å². The molecule has 1 N–H and O–H groups in total. The highest BCUT2D eigenvalue weighted by Crippen LogP contribution is 2.00. The Morgan fingerprint density at radius 1 is 1.42 bits per heavy atom. The lowest BCUT2D eigenvalue weighted by Crippen LogP contribution is -2.37. The van der Waals surface area contributed by atoms with Crippen LogP contribution in [-0.4, -0.2) is 11.5 Å². The van der Waals surface area contributed by atoms with Crippen molar-refractivity contribution in [3.8, 4) is 0 Å². The Bertz CT molecular complexity index is 138. The molecule has 0 saturated heterocycles. The molecule has 0 amide bonds. The Kier molecular flexibility index (Phi) is 4.90. The second-order valence-electron chi connectivity index (χ2n) is 3.93. The molecule has 3 heteroatoms. The fourth-order valence-corrected chi connectivity index (χ4v) is 0.582. The summed E-state index contributed by atoms with van der Waals surface area (Å²) in [7, 11) is 0. The highest BCUT2D eigenvalue weighted by molar-refractivity contribution is 5.68. The first-order chi connectivity index (χ1) is 5.45. The molecule has 12 heavy (non-hydrogen) atoms. The van der Waals surface area contributed by atoms with Crippen LogP contribution in [0, 0.1) is 0 Å². The summed E-state index contributed by atoms with van der Waals surface area (Å²) in [5.74, 6) is -0.174. The predicted octanol–water partition coefficient (Wildman–Crippen LogP) is 2.02. The van der Waals surface area contributed by atoms with E-state index >= 15 is 0 Å². The highest BCUT2D eigenvalue weighted by atomic mass is 16.7. The van der Waals surface area contributed by atoms with Crippen LogP contribution in [0.1, 0.15) is 47.0 Å². The van der Waals surface area contributed by atoms with Crippen LogP contribution < -0.4 is 5.48 Å². The fourth-order valence-electron chi connectivity index (χ4n) is 0.582. The third-order valence-electron chi connectivity index (χ3n) is 1.21. The van der Waals surface area contributed by atoms with Crippen molar-refractivity contribution in [1.29, 1.82) is 0 Å². The Morgan fingerprint density at radius 2 is 2.00 bits per heavy atom. The van der Waals surface area contributed by atoms with Gasteiger partial charge in [-0.05, 0) is 27.2 Å². The first kappa shape index (κ1) is 11.4. The van der Waals surface area contributed by atoms with Crippen LogP contribution in [0.5, 0.6) is 0 Å². The van der Waals surface area contributed by atoms with E-state index in [9.17, 15) is 4.79 Å². The Hall–Kier alpha value is -0.570. The van der Waals surface area contributed by atoms with E-state index in [1.165, 1.54) is 0 Å². The molecule has 0 saturated carbocycles. The van der Waals surface area contributed by atoms with Gasteiger partial charge in [-0.25, -0.2) is 0 Å². The molecule has 0 rings (SSSR count). The lowest BCUT2D eigenvalue weighted by molar-refractivity contribution is -0.155. The molecule has 0 fully saturated rings. The first-order valence-electron chi connectivity index (χ1n) is 4.42. The van der Waals surface area contributed by atoms with Gasteiger partial charge in [-0.2, -0.15) is 0 Å². The number of hydrogen-bond donors (Lipinski definition) is 1. The molecule has 72 valence electrons. The van der Waals surface area contributed by atoms with Gasteiger partial charge in [0.1, 0.15) is 0 Å². The van der Waals surface area contributed by atoms with E-state index in [4.69, 9.17) is 4.84 Å². The van der Waals surface area contributed by atoms with Crippen LogP contribution in [0.3, 0.4) is 0 Å². The normalized spacial score (nSPS) is 11.3. The summed E-state index contributed by atoms with van der Waals surface area (Å²) in [6.45, 7) is 7.88. The summed E-state index contributed by atoms with van der Waals surface area (Å²) in [6, 6.07) is 0. The minimum absolute atomic E-state index is 0.165. The number of unbranched alkanes of at least 4 members (excludes halogenated alkanes) is 1. The number of rotatable bonds is 4. The van der Waals surface area contributed by atoms with Crippen molar-refractivity contribution in [1.82, 2.24) is 5.48 Å². The zero-order valence-electron chi connectivity index (χ0n) is 8.44. The molecular weight excluding hydrogens is 154 g/mol. The highest BCUT2D eigenvalue weighted by Gasteiger charge is 2.11. The standard InChI is InChI=1S/C9H19NO2/c1-5-6-7-8(11)12-10-9(2,3)4/h10H,5-7H2,1-4H3. The molecule has 0 spiro atoms. The maximum Gasteiger partial charge on any atom is 0.324 e. The molecular formula is C9H19NO2. The van der Waals surface area contributed by atoms with Gasteiger partial charge in [0.25, 0.3) is 0 Å². The van der Waals surface area contributed by atoms with Crippen molar-refractivity contribution in [2.45, 2.75) is 52.5 Å². The number of hydroxylamine groups is 1. The smallest absolute Gasteiger partial charge is 0.324 e. The van der Waals surface area contributed by atoms with E-state index in [1.807, 2.05) is 27.7 Å². The van der Waals surface area contributed by atoms with Gasteiger partial charge in [-0.3, -0.25) is 4.79 Å². The summed E-state index contributed by atoms with van der Waals surface area (Å²) in [4.78, 5) is 15.8. The molecule has 0 unspecified atom stereocenters. The Labute approximate surface area is 74.4 Å². The van der Waals surface area contributed by atoms with E-state index < -0.39 is 0 Å². The maximum absolute atomic E-state index is 11.0. The average Bonchev–Trinajstić information content (AvgIpc) is 1.95. The van der Waals surface area contributed by atoms with Crippen LogP contribution >= 0.6 is 0 Å². The van der Waals surface area contributed by atoms with Gasteiger partial charge in [0, 0.05) is 12.0 Å². The zero-order valence-corrected chi connectivity index (χ0v) is 8.44. The number of hydrogen-bond acceptors (Lipinski definition) is 3. The van der Waals surface area contributed by atoms with E-state index in [0.717, 1.165) is 12.8 Å². The van der Waals surface area contributed by atoms with E-state index in [-0.39, 0.29) is 11.5 Å². The lowest BCUT2D eigenvalue weighted by atomic mass is 10.1. The van der Waals surface area contributed by atoms with Crippen molar-refractivity contribution < 1.29 is 9.63 Å². The number of carbonyl (C=O) groups excluding carboxylic acids is 1. The Morgan fingerprint density at radius 3 is 2.42 bits per heavy atom. The van der Waals surface area contributed by atoms with Crippen molar-refractivity contribution >= 4 is 5.97 Å². The van der Waals surface area contributed by atoms with E-state index in [2.05, 4.69) is 5.48 Å². The number of nitrogens with one attached hydrogen (secondary N) is 1. The average molecular weight is 173 g/mol. The van der Waals surface area contributed by atoms with Gasteiger partial charge in [-0.15, -0.1) is 5.48 Å². The predicted molar refractivity (Wildman–Crippen MR) is 48.5 cm³/mol. The molecule has 0 aromatic heterocycles. The van der Waals surface area contributed by atoms with Crippen molar-refractivity contribution in [3.05, 3.63) is 0 Å². The van der Waals surface area contributed by atoms with Crippen molar-refractivity contribution in [2.24, 2.45) is 0 Å². The SMILES string of the molecule is CCCCC(=O)ONC(C)(C)C. The monoisotopic (exact) mass is 173 g/mol. The summed E-state index contributed by atoms with van der Waals surface area (Å²) >= 11 is 0. The summed E-state index contributed by atoms with van der Waals surface area (Å²) < 4.78 is 0. The Balaban J connectivity index is 3.44. The van der Waals surface area contributed by atoms with Crippen LogP contribution in [0.15, 0.2) is 0 Å². The zero-order chi connectivity index (χ0) is 9.61. The topological polar surface area (TPSA) is 38.3 Å². The van der Waals surface area contributed by atoms with Crippen molar-refractivity contribution in [3.63, 3.8) is 0 Å². The van der Waals surface area contributed by atoms with Gasteiger partial charge in [-0.1, -0.05) is 13.3 Å². The van der Waals surface area contributed by atoms with Crippen LogP contribution in [0.2, 0.25) is 0 Å². The third-order valence-corrected chi connectivity index (χ3v) is 1.21. The van der Waals surface area contributed by atoms with Gasteiger partial charge in [0.15, 0.2) is 0 Å². The molecule has 0 aliphatic carbocycles. The molecule has 3 nitrogen and oxygen atoms in total. The summed E-state index contributed by atoms with van der Waals surface area (Å²) in [5.41, 5.74) is 2.52. The third kappa shape index (κ3) is 7.54. The van der Waals surface area contributed by atoms with Gasteiger partial charge in [0.2, 0.25) is 0 Å². The second kappa shape index (κ2) is 5.14. The molecule has 0 bridgehead atoms. The maximum atomic E-state index is 11.0. The second-order valence-corrected chi connectivity index (χ2v) is 3.93. The number of carbonyl (C=O) groups is 1. The molecule has 0 aromatic rings. The van der Waals surface area contributed by atoms with Gasteiger partial charge < -0.3 is 4.84 Å². The molecule has 0 atom stereocenters. The minimum Gasteiger partial charge on any atom is -0.370 e. The van der Waals surface area contributed by atoms with Gasteiger partial charge in [0.05, 0.1) is 0 Å². The lowest BCUT2D eigenvalue weighted by Gasteiger charge is -2.18. The quantitative estimate of drug-likeness (QED) is 0.661. The first-order valence-corrected chi connectivity index (χ1v) is 4.42. The summed E-state index contributed by atoms with van der Waals surface area (Å²) in [5, 5.41) is 0. The largest absolute Gasteiger partial charge is 0.370 e. The van der Waals surface area contributed by atoms with Crippen molar-refractivity contribution in [2.75, 3.05) is 0 Å². The fraction of sp³-hybridized carbons (Fsp3) is 0.889. The minimum atomic E-state index is -0.174.